The Balaban J connectivity index is 1.34. The van der Waals surface area contributed by atoms with E-state index in [4.69, 9.17) is 4.52 Å². The van der Waals surface area contributed by atoms with Crippen molar-refractivity contribution in [2.75, 3.05) is 0 Å². The number of nitrogens with one attached hydrogen (secondary N) is 1. The van der Waals surface area contributed by atoms with Crippen LogP contribution in [0, 0.1) is 16.7 Å². The molecule has 0 aliphatic heterocycles. The molecule has 5 nitrogen and oxygen atoms in total. The van der Waals surface area contributed by atoms with Gasteiger partial charge in [-0.1, -0.05) is 34.9 Å². The molecule has 1 N–H and O–H groups in total. The Morgan fingerprint density at radius 1 is 1.16 bits per heavy atom. The van der Waals surface area contributed by atoms with Crippen molar-refractivity contribution >= 4 is 15.9 Å². The average molecular weight is 500 g/mol. The normalized spacial score (nSPS) is 34.3. The molecule has 4 saturated carbocycles. The molecule has 31 heavy (non-hydrogen) atoms. The highest BCUT2D eigenvalue weighted by atomic mass is 79.9. The second kappa shape index (κ2) is 6.94. The van der Waals surface area contributed by atoms with E-state index in [1.165, 1.54) is 31.4 Å². The second-order valence-corrected chi connectivity index (χ2v) is 11.4. The zero-order valence-corrected chi connectivity index (χ0v) is 19.1. The lowest BCUT2D eigenvalue weighted by atomic mass is 9.43. The van der Waals surface area contributed by atoms with Gasteiger partial charge in [-0.25, -0.2) is 0 Å². The van der Waals surface area contributed by atoms with Gasteiger partial charge in [0.05, 0.1) is 12.1 Å². The third kappa shape index (κ3) is 4.23. The fraction of sp³-hybridized carbons (Fsp3) is 0.636. The fourth-order valence-corrected chi connectivity index (χ4v) is 7.57. The summed E-state index contributed by atoms with van der Waals surface area (Å²) >= 11 is 3.17. The third-order valence-electron chi connectivity index (χ3n) is 7.12. The SMILES string of the molecule is C[C@]12CC3CC(NCc4nc(-c5ccc(Br)cc5OC(F)(F)F)no4)(C1)C[C@@](C)(C3)C2. The Morgan fingerprint density at radius 3 is 2.52 bits per heavy atom. The highest BCUT2D eigenvalue weighted by molar-refractivity contribution is 9.10. The van der Waals surface area contributed by atoms with Crippen LogP contribution in [0.1, 0.15) is 58.3 Å². The maximum absolute atomic E-state index is 12.8. The Morgan fingerprint density at radius 2 is 1.87 bits per heavy atom. The first-order valence-electron chi connectivity index (χ1n) is 10.6. The largest absolute Gasteiger partial charge is 0.573 e. The van der Waals surface area contributed by atoms with Crippen molar-refractivity contribution in [2.45, 2.75) is 70.8 Å². The Kier molecular flexibility index (Phi) is 4.76. The van der Waals surface area contributed by atoms with E-state index < -0.39 is 6.36 Å². The van der Waals surface area contributed by atoms with Gasteiger partial charge in [0.25, 0.3) is 0 Å². The lowest BCUT2D eigenvalue weighted by Gasteiger charge is -2.65. The van der Waals surface area contributed by atoms with Crippen LogP contribution in [-0.4, -0.2) is 22.0 Å². The number of ether oxygens (including phenoxy) is 1. The lowest BCUT2D eigenvalue weighted by molar-refractivity contribution is -0.274. The molecule has 2 unspecified atom stereocenters. The van der Waals surface area contributed by atoms with Gasteiger partial charge in [0.15, 0.2) is 0 Å². The fourth-order valence-electron chi connectivity index (χ4n) is 7.23. The van der Waals surface area contributed by atoms with Gasteiger partial charge in [-0.2, -0.15) is 4.98 Å². The first-order valence-corrected chi connectivity index (χ1v) is 11.4. The topological polar surface area (TPSA) is 60.2 Å². The van der Waals surface area contributed by atoms with Crippen molar-refractivity contribution in [3.05, 3.63) is 28.6 Å². The molecule has 1 heterocycles. The van der Waals surface area contributed by atoms with E-state index in [9.17, 15) is 13.2 Å². The summed E-state index contributed by atoms with van der Waals surface area (Å²) in [4.78, 5) is 4.35. The van der Waals surface area contributed by atoms with Crippen molar-refractivity contribution in [2.24, 2.45) is 16.7 Å². The van der Waals surface area contributed by atoms with Crippen molar-refractivity contribution in [1.29, 1.82) is 0 Å². The van der Waals surface area contributed by atoms with E-state index in [1.54, 1.807) is 6.07 Å². The zero-order valence-electron chi connectivity index (χ0n) is 17.5. The van der Waals surface area contributed by atoms with Gasteiger partial charge < -0.3 is 14.6 Å². The Bertz CT molecular complexity index is 990. The molecule has 0 saturated heterocycles. The van der Waals surface area contributed by atoms with E-state index >= 15 is 0 Å². The van der Waals surface area contributed by atoms with Gasteiger partial charge in [0.2, 0.25) is 11.7 Å². The first kappa shape index (κ1) is 21.2. The van der Waals surface area contributed by atoms with Crippen LogP contribution in [0.25, 0.3) is 11.4 Å². The van der Waals surface area contributed by atoms with Gasteiger partial charge in [-0.05, 0) is 73.5 Å². The quantitative estimate of drug-likeness (QED) is 0.527. The molecule has 0 spiro atoms. The van der Waals surface area contributed by atoms with E-state index in [1.807, 2.05) is 0 Å². The number of hydrogen-bond donors (Lipinski definition) is 1. The molecule has 1 aromatic heterocycles. The summed E-state index contributed by atoms with van der Waals surface area (Å²) in [6.07, 6.45) is 2.54. The van der Waals surface area contributed by atoms with Crippen LogP contribution in [0.3, 0.4) is 0 Å². The Hall–Kier alpha value is -1.61. The maximum atomic E-state index is 12.8. The lowest BCUT2D eigenvalue weighted by Crippen LogP contribution is -2.63. The maximum Gasteiger partial charge on any atom is 0.573 e. The van der Waals surface area contributed by atoms with Gasteiger partial charge >= 0.3 is 6.36 Å². The molecular weight excluding hydrogens is 475 g/mol. The molecule has 6 rings (SSSR count). The van der Waals surface area contributed by atoms with Crippen LogP contribution in [0.2, 0.25) is 0 Å². The highest BCUT2D eigenvalue weighted by Crippen LogP contribution is 2.66. The number of rotatable bonds is 5. The number of hydrogen-bond acceptors (Lipinski definition) is 5. The van der Waals surface area contributed by atoms with Gasteiger partial charge in [-0.15, -0.1) is 13.2 Å². The molecule has 9 heteroatoms. The first-order chi connectivity index (χ1) is 14.4. The predicted octanol–water partition coefficient (Wildman–Crippen LogP) is 6.24. The molecule has 168 valence electrons. The van der Waals surface area contributed by atoms with Crippen LogP contribution in [0.15, 0.2) is 27.2 Å². The summed E-state index contributed by atoms with van der Waals surface area (Å²) < 4.78 is 48.4. The molecule has 0 radical (unpaired) electrons. The van der Waals surface area contributed by atoms with Crippen molar-refractivity contribution < 1.29 is 22.4 Å². The van der Waals surface area contributed by atoms with Crippen LogP contribution in [-0.2, 0) is 6.54 Å². The number of benzene rings is 1. The van der Waals surface area contributed by atoms with Crippen LogP contribution >= 0.6 is 15.9 Å². The molecule has 4 atom stereocenters. The van der Waals surface area contributed by atoms with Crippen molar-refractivity contribution in [1.82, 2.24) is 15.5 Å². The number of nitrogens with zero attached hydrogens (tertiary/aromatic N) is 2. The van der Waals surface area contributed by atoms with Crippen molar-refractivity contribution in [3.63, 3.8) is 0 Å². The van der Waals surface area contributed by atoms with E-state index in [2.05, 4.69) is 50.0 Å². The summed E-state index contributed by atoms with van der Waals surface area (Å²) in [6, 6.07) is 4.34. The zero-order chi connectivity index (χ0) is 22.1. The van der Waals surface area contributed by atoms with E-state index in [-0.39, 0.29) is 22.7 Å². The molecule has 4 aliphatic carbocycles. The summed E-state index contributed by atoms with van der Waals surface area (Å²) in [5.41, 5.74) is 0.954. The summed E-state index contributed by atoms with van der Waals surface area (Å²) in [5, 5.41) is 7.62. The van der Waals surface area contributed by atoms with Crippen LogP contribution in [0.4, 0.5) is 13.2 Å². The molecule has 0 amide bonds. The average Bonchev–Trinajstić information content (AvgIpc) is 3.04. The van der Waals surface area contributed by atoms with Crippen molar-refractivity contribution in [3.8, 4) is 17.1 Å². The van der Waals surface area contributed by atoms with Gasteiger partial charge in [0, 0.05) is 10.0 Å². The number of alkyl halides is 3. The molecular formula is C22H25BrF3N3O2. The summed E-state index contributed by atoms with van der Waals surface area (Å²) in [7, 11) is 0. The third-order valence-corrected chi connectivity index (χ3v) is 7.61. The van der Waals surface area contributed by atoms with Gasteiger partial charge in [0.1, 0.15) is 5.75 Å². The number of halogens is 4. The molecule has 2 aromatic rings. The van der Waals surface area contributed by atoms with E-state index in [0.29, 0.717) is 27.7 Å². The summed E-state index contributed by atoms with van der Waals surface area (Å²) in [6.45, 7) is 5.22. The minimum atomic E-state index is -4.81. The standard InChI is InChI=1S/C22H25BrF3N3O2/c1-19-6-13-7-20(2,10-19)12-21(8-13,11-19)27-9-17-28-18(29-31-17)15-4-3-14(23)5-16(15)30-22(24,25)26/h3-5,13,27H,6-12H2,1-2H3/t13?,19-,20+,21?. The summed E-state index contributed by atoms with van der Waals surface area (Å²) in [5.74, 6) is 0.820. The van der Waals surface area contributed by atoms with Crippen LogP contribution in [0.5, 0.6) is 5.75 Å². The van der Waals surface area contributed by atoms with E-state index in [0.717, 1.165) is 25.2 Å². The monoisotopic (exact) mass is 499 g/mol. The molecule has 4 bridgehead atoms. The Labute approximate surface area is 187 Å². The minimum absolute atomic E-state index is 0.0692. The minimum Gasteiger partial charge on any atom is -0.405 e. The number of aromatic nitrogens is 2. The highest BCUT2D eigenvalue weighted by Gasteiger charge is 2.59. The molecule has 4 fully saturated rings. The smallest absolute Gasteiger partial charge is 0.405 e. The van der Waals surface area contributed by atoms with Crippen LogP contribution < -0.4 is 10.1 Å². The predicted molar refractivity (Wildman–Crippen MR) is 111 cm³/mol. The molecule has 1 aromatic carbocycles. The molecule has 4 aliphatic rings. The second-order valence-electron chi connectivity index (χ2n) is 10.5. The van der Waals surface area contributed by atoms with Gasteiger partial charge in [-0.3, -0.25) is 0 Å².